The molecule has 0 aliphatic rings. The van der Waals surface area contributed by atoms with E-state index in [2.05, 4.69) is 16.0 Å². The smallest absolute Gasteiger partial charge is 0.166 e. The van der Waals surface area contributed by atoms with E-state index in [1.165, 1.54) is 12.1 Å². The summed E-state index contributed by atoms with van der Waals surface area (Å²) in [6, 6.07) is 6.76. The van der Waals surface area contributed by atoms with Gasteiger partial charge in [0.25, 0.3) is 0 Å². The van der Waals surface area contributed by atoms with E-state index in [-0.39, 0.29) is 23.9 Å². The summed E-state index contributed by atoms with van der Waals surface area (Å²) in [7, 11) is 0. The quantitative estimate of drug-likeness (QED) is 0.809. The van der Waals surface area contributed by atoms with E-state index >= 15 is 0 Å². The average Bonchev–Trinajstić information content (AvgIpc) is 2.27. The fourth-order valence-corrected chi connectivity index (χ4v) is 1.14. The van der Waals surface area contributed by atoms with Crippen LogP contribution in [-0.4, -0.2) is 20.2 Å². The van der Waals surface area contributed by atoms with E-state index in [0.29, 0.717) is 5.82 Å². The number of aromatic hydroxyl groups is 2. The molecule has 0 aliphatic carbocycles. The summed E-state index contributed by atoms with van der Waals surface area (Å²) in [5, 5.41) is 18.4. The maximum absolute atomic E-state index is 9.20. The molecule has 0 unspecified atom stereocenters. The van der Waals surface area contributed by atoms with Crippen LogP contribution in [0.25, 0.3) is 0 Å². The van der Waals surface area contributed by atoms with Gasteiger partial charge in [0.15, 0.2) is 5.82 Å². The van der Waals surface area contributed by atoms with Crippen LogP contribution in [-0.2, 0) is 6.61 Å². The molecule has 2 aromatic rings. The minimum Gasteiger partial charge on any atom is -0.508 e. The summed E-state index contributed by atoms with van der Waals surface area (Å²) in [6.45, 7) is 0.153. The first-order valence-electron chi connectivity index (χ1n) is 4.58. The predicted octanol–water partition coefficient (Wildman–Crippen LogP) is 1.27. The molecule has 1 heterocycles. The van der Waals surface area contributed by atoms with E-state index in [0.717, 1.165) is 0 Å². The topological polar surface area (TPSA) is 75.5 Å². The van der Waals surface area contributed by atoms with Gasteiger partial charge >= 0.3 is 0 Å². The van der Waals surface area contributed by atoms with Crippen molar-refractivity contribution in [1.82, 2.24) is 9.97 Å². The molecule has 1 radical (unpaired) electrons. The third-order valence-electron chi connectivity index (χ3n) is 1.79. The molecule has 0 saturated heterocycles. The monoisotopic (exact) mass is 217 g/mol. The molecule has 0 aliphatic heterocycles. The largest absolute Gasteiger partial charge is 0.508 e. The fraction of sp³-hybridized carbons (Fsp3) is 0.0909. The van der Waals surface area contributed by atoms with Crippen molar-refractivity contribution in [3.63, 3.8) is 0 Å². The van der Waals surface area contributed by atoms with Crippen molar-refractivity contribution in [3.05, 3.63) is 42.5 Å². The van der Waals surface area contributed by atoms with E-state index < -0.39 is 0 Å². The highest BCUT2D eigenvalue weighted by Gasteiger charge is 2.02. The van der Waals surface area contributed by atoms with E-state index in [1.54, 1.807) is 18.5 Å². The first kappa shape index (κ1) is 10.2. The van der Waals surface area contributed by atoms with Crippen LogP contribution in [0.2, 0.25) is 0 Å². The lowest BCUT2D eigenvalue weighted by atomic mass is 10.3. The molecule has 5 nitrogen and oxygen atoms in total. The number of phenols is 2. The van der Waals surface area contributed by atoms with Crippen LogP contribution < -0.4 is 4.74 Å². The van der Waals surface area contributed by atoms with Gasteiger partial charge in [-0.3, -0.25) is 0 Å². The second-order valence-electron chi connectivity index (χ2n) is 3.04. The predicted molar refractivity (Wildman–Crippen MR) is 55.0 cm³/mol. The van der Waals surface area contributed by atoms with Gasteiger partial charge in [-0.15, -0.1) is 0 Å². The fourth-order valence-electron chi connectivity index (χ4n) is 1.14. The zero-order chi connectivity index (χ0) is 11.4. The number of ether oxygens (including phenoxy) is 1. The highest BCUT2D eigenvalue weighted by Crippen LogP contribution is 2.25. The van der Waals surface area contributed by atoms with Gasteiger partial charge in [0.2, 0.25) is 0 Å². The number of hydrogen-bond acceptors (Lipinski definition) is 5. The van der Waals surface area contributed by atoms with Gasteiger partial charge in [0.1, 0.15) is 23.9 Å². The average molecular weight is 217 g/mol. The highest BCUT2D eigenvalue weighted by molar-refractivity contribution is 5.39. The van der Waals surface area contributed by atoms with Gasteiger partial charge in [0, 0.05) is 24.5 Å². The summed E-state index contributed by atoms with van der Waals surface area (Å²) in [5.74, 6) is 0.493. The van der Waals surface area contributed by atoms with Crippen molar-refractivity contribution >= 4 is 0 Å². The minimum atomic E-state index is -0.177. The molecule has 0 atom stereocenters. The zero-order valence-electron chi connectivity index (χ0n) is 8.29. The van der Waals surface area contributed by atoms with Gasteiger partial charge in [-0.2, -0.15) is 0 Å². The molecule has 0 amide bonds. The number of hydrogen-bond donors (Lipinski definition) is 2. The van der Waals surface area contributed by atoms with Crippen molar-refractivity contribution in [1.29, 1.82) is 0 Å². The van der Waals surface area contributed by atoms with Crippen molar-refractivity contribution in [2.45, 2.75) is 6.61 Å². The molecular formula is C11H9N2O3. The second-order valence-corrected chi connectivity index (χ2v) is 3.04. The lowest BCUT2D eigenvalue weighted by Gasteiger charge is -2.05. The Morgan fingerprint density at radius 3 is 2.62 bits per heavy atom. The summed E-state index contributed by atoms with van der Waals surface area (Å²) < 4.78 is 5.25. The van der Waals surface area contributed by atoms with Gasteiger partial charge in [-0.05, 0) is 6.07 Å². The van der Waals surface area contributed by atoms with Crippen molar-refractivity contribution in [3.8, 4) is 17.2 Å². The van der Waals surface area contributed by atoms with Gasteiger partial charge in [-0.25, -0.2) is 9.97 Å². The van der Waals surface area contributed by atoms with Crippen LogP contribution in [0.4, 0.5) is 0 Å². The third-order valence-corrected chi connectivity index (χ3v) is 1.79. The highest BCUT2D eigenvalue weighted by atomic mass is 16.5. The summed E-state index contributed by atoms with van der Waals surface area (Å²) in [6.07, 6.45) is 3.21. The second kappa shape index (κ2) is 4.48. The summed E-state index contributed by atoms with van der Waals surface area (Å²) in [5.41, 5.74) is 0. The van der Waals surface area contributed by atoms with E-state index in [1.807, 2.05) is 0 Å². The molecule has 2 N–H and O–H groups in total. The molecule has 0 saturated carbocycles. The van der Waals surface area contributed by atoms with Crippen LogP contribution in [0.3, 0.4) is 0 Å². The van der Waals surface area contributed by atoms with Crippen LogP contribution in [0.5, 0.6) is 17.2 Å². The molecule has 16 heavy (non-hydrogen) atoms. The van der Waals surface area contributed by atoms with Crippen LogP contribution in [0.15, 0.2) is 30.6 Å². The minimum absolute atomic E-state index is 0.0831. The van der Waals surface area contributed by atoms with Crippen molar-refractivity contribution in [2.75, 3.05) is 0 Å². The van der Waals surface area contributed by atoms with Gasteiger partial charge < -0.3 is 14.9 Å². The first-order valence-corrected chi connectivity index (χ1v) is 4.58. The van der Waals surface area contributed by atoms with Crippen molar-refractivity contribution in [2.24, 2.45) is 0 Å². The molecule has 0 fully saturated rings. The number of phenolic OH excluding ortho intramolecular Hbond substituents is 2. The number of nitrogens with zero attached hydrogens (tertiary/aromatic N) is 2. The Kier molecular flexibility index (Phi) is 2.86. The number of aromatic nitrogens is 2. The molecule has 0 bridgehead atoms. The number of rotatable bonds is 3. The van der Waals surface area contributed by atoms with E-state index in [9.17, 15) is 5.11 Å². The number of benzene rings is 1. The lowest BCUT2D eigenvalue weighted by molar-refractivity contribution is 0.291. The van der Waals surface area contributed by atoms with Gasteiger partial charge in [0.05, 0.1) is 6.07 Å². The SMILES string of the molecule is Oc1[c]c(OCc2ncccn2)cc(O)c1. The lowest BCUT2D eigenvalue weighted by Crippen LogP contribution is -2.00. The Morgan fingerprint density at radius 1 is 1.19 bits per heavy atom. The molecule has 1 aromatic heterocycles. The Morgan fingerprint density at radius 2 is 1.94 bits per heavy atom. The summed E-state index contributed by atoms with van der Waals surface area (Å²) in [4.78, 5) is 7.93. The first-order chi connectivity index (χ1) is 7.74. The molecule has 1 aromatic carbocycles. The Balaban J connectivity index is 2.05. The molecular weight excluding hydrogens is 208 g/mol. The maximum atomic E-state index is 9.20. The van der Waals surface area contributed by atoms with Crippen molar-refractivity contribution < 1.29 is 14.9 Å². The van der Waals surface area contributed by atoms with Crippen LogP contribution >= 0.6 is 0 Å². The van der Waals surface area contributed by atoms with Gasteiger partial charge in [-0.1, -0.05) is 0 Å². The molecule has 0 spiro atoms. The van der Waals surface area contributed by atoms with Crippen LogP contribution in [0, 0.1) is 6.07 Å². The van der Waals surface area contributed by atoms with E-state index in [4.69, 9.17) is 9.84 Å². The Bertz CT molecular complexity index is 454. The molecule has 5 heteroatoms. The standard InChI is InChI=1S/C11H9N2O3/c14-8-4-9(15)6-10(5-8)16-7-11-12-2-1-3-13-11/h1-5,14-15H,7H2. The Labute approximate surface area is 92.0 Å². The van der Waals surface area contributed by atoms with Crippen LogP contribution in [0.1, 0.15) is 5.82 Å². The summed E-state index contributed by atoms with van der Waals surface area (Å²) >= 11 is 0. The normalized spacial score (nSPS) is 10.0. The molecule has 2 rings (SSSR count). The third kappa shape index (κ3) is 2.60. The maximum Gasteiger partial charge on any atom is 0.166 e. The zero-order valence-corrected chi connectivity index (χ0v) is 8.29. The Hall–Kier alpha value is -2.30. The molecule has 81 valence electrons.